The van der Waals surface area contributed by atoms with Gasteiger partial charge in [-0.2, -0.15) is 0 Å². The second-order valence-corrected chi connectivity index (χ2v) is 6.23. The average molecular weight is 342 g/mol. The number of nitrogens with zero attached hydrogens (tertiary/aromatic N) is 1. The highest BCUT2D eigenvalue weighted by molar-refractivity contribution is 5.49. The molecule has 1 atom stereocenters. The van der Waals surface area contributed by atoms with Gasteiger partial charge in [0, 0.05) is 25.7 Å². The van der Waals surface area contributed by atoms with E-state index in [1.165, 1.54) is 16.7 Å². The van der Waals surface area contributed by atoms with Crippen molar-refractivity contribution in [3.63, 3.8) is 0 Å². The maximum Gasteiger partial charge on any atom is 0.161 e. The highest BCUT2D eigenvalue weighted by atomic mass is 16.5. The Bertz CT molecular complexity index is 733. The van der Waals surface area contributed by atoms with Crippen LogP contribution in [0.5, 0.6) is 17.2 Å². The molecular weight excluding hydrogens is 316 g/mol. The number of nitrogens with two attached hydrogens (primary N) is 1. The minimum atomic E-state index is 0.162. The Balaban J connectivity index is 1.89. The van der Waals surface area contributed by atoms with Gasteiger partial charge in [0.15, 0.2) is 11.5 Å². The van der Waals surface area contributed by atoms with E-state index in [9.17, 15) is 0 Å². The van der Waals surface area contributed by atoms with E-state index in [0.717, 1.165) is 36.8 Å². The standard InChI is InChI=1S/C20H26N2O3/c1-23-16-6-4-5-14(9-16)13-22-8-7-15-10-19(24-2)20(25-3)11-17(15)18(22)12-21/h4-6,9-11,18H,7-8,12-13,21H2,1-3H3/t18-/m1/s1. The molecular formula is C20H26N2O3. The molecule has 0 spiro atoms. The number of benzene rings is 2. The van der Waals surface area contributed by atoms with Crippen molar-refractivity contribution in [3.05, 3.63) is 53.1 Å². The molecule has 0 fully saturated rings. The summed E-state index contributed by atoms with van der Waals surface area (Å²) in [6, 6.07) is 12.5. The lowest BCUT2D eigenvalue weighted by molar-refractivity contribution is 0.180. The molecule has 1 aliphatic rings. The number of rotatable bonds is 6. The molecule has 0 aliphatic carbocycles. The van der Waals surface area contributed by atoms with E-state index < -0.39 is 0 Å². The predicted octanol–water partition coefficient (Wildman–Crippen LogP) is 2.77. The monoisotopic (exact) mass is 342 g/mol. The van der Waals surface area contributed by atoms with Crippen LogP contribution in [0, 0.1) is 0 Å². The van der Waals surface area contributed by atoms with Crippen molar-refractivity contribution in [1.82, 2.24) is 4.90 Å². The van der Waals surface area contributed by atoms with Gasteiger partial charge < -0.3 is 19.9 Å². The number of methoxy groups -OCH3 is 3. The second-order valence-electron chi connectivity index (χ2n) is 6.23. The van der Waals surface area contributed by atoms with Gasteiger partial charge in [-0.05, 0) is 47.4 Å². The summed E-state index contributed by atoms with van der Waals surface area (Å²) in [5, 5.41) is 0. The molecule has 0 radical (unpaired) electrons. The molecule has 1 aliphatic heterocycles. The number of hydrogen-bond acceptors (Lipinski definition) is 5. The van der Waals surface area contributed by atoms with Crippen LogP contribution in [-0.4, -0.2) is 39.3 Å². The van der Waals surface area contributed by atoms with Gasteiger partial charge in [0.2, 0.25) is 0 Å². The van der Waals surface area contributed by atoms with Crippen LogP contribution in [-0.2, 0) is 13.0 Å². The van der Waals surface area contributed by atoms with E-state index in [1.54, 1.807) is 21.3 Å². The van der Waals surface area contributed by atoms with Crippen LogP contribution in [0.4, 0.5) is 0 Å². The zero-order valence-electron chi connectivity index (χ0n) is 15.1. The molecule has 2 aromatic carbocycles. The van der Waals surface area contributed by atoms with Crippen LogP contribution in [0.25, 0.3) is 0 Å². The Kier molecular flexibility index (Phi) is 5.46. The van der Waals surface area contributed by atoms with E-state index in [0.29, 0.717) is 6.54 Å². The van der Waals surface area contributed by atoms with E-state index in [4.69, 9.17) is 19.9 Å². The maximum atomic E-state index is 6.14. The molecule has 3 rings (SSSR count). The molecule has 0 bridgehead atoms. The third-order valence-corrected chi connectivity index (χ3v) is 4.86. The minimum Gasteiger partial charge on any atom is -0.497 e. The first-order chi connectivity index (χ1) is 12.2. The van der Waals surface area contributed by atoms with Crippen LogP contribution in [0.1, 0.15) is 22.7 Å². The van der Waals surface area contributed by atoms with E-state index in [-0.39, 0.29) is 6.04 Å². The van der Waals surface area contributed by atoms with Crippen molar-refractivity contribution in [2.45, 2.75) is 19.0 Å². The van der Waals surface area contributed by atoms with Crippen molar-refractivity contribution >= 4 is 0 Å². The first-order valence-corrected chi connectivity index (χ1v) is 8.52. The fourth-order valence-corrected chi connectivity index (χ4v) is 3.55. The molecule has 1 heterocycles. The van der Waals surface area contributed by atoms with Crippen molar-refractivity contribution < 1.29 is 14.2 Å². The zero-order valence-corrected chi connectivity index (χ0v) is 15.1. The smallest absolute Gasteiger partial charge is 0.161 e. The largest absolute Gasteiger partial charge is 0.497 e. The maximum absolute atomic E-state index is 6.14. The van der Waals surface area contributed by atoms with E-state index >= 15 is 0 Å². The molecule has 2 N–H and O–H groups in total. The van der Waals surface area contributed by atoms with Crippen LogP contribution in [0.15, 0.2) is 36.4 Å². The molecule has 0 aromatic heterocycles. The lowest BCUT2D eigenvalue weighted by atomic mass is 9.91. The number of ether oxygens (including phenoxy) is 3. The van der Waals surface area contributed by atoms with E-state index in [2.05, 4.69) is 29.2 Å². The van der Waals surface area contributed by atoms with Crippen molar-refractivity contribution in [2.24, 2.45) is 5.73 Å². The van der Waals surface area contributed by atoms with Gasteiger partial charge in [-0.25, -0.2) is 0 Å². The summed E-state index contributed by atoms with van der Waals surface area (Å²) in [6.07, 6.45) is 0.968. The van der Waals surface area contributed by atoms with Gasteiger partial charge in [0.25, 0.3) is 0 Å². The molecule has 0 unspecified atom stereocenters. The number of fused-ring (bicyclic) bond motifs is 1. The normalized spacial score (nSPS) is 17.0. The third-order valence-electron chi connectivity index (χ3n) is 4.86. The summed E-state index contributed by atoms with van der Waals surface area (Å²) < 4.78 is 16.2. The summed E-state index contributed by atoms with van der Waals surface area (Å²) in [6.45, 7) is 2.36. The quantitative estimate of drug-likeness (QED) is 0.875. The summed E-state index contributed by atoms with van der Waals surface area (Å²) in [4.78, 5) is 2.42. The molecule has 25 heavy (non-hydrogen) atoms. The highest BCUT2D eigenvalue weighted by Crippen LogP contribution is 2.38. The topological polar surface area (TPSA) is 57.0 Å². The lowest BCUT2D eigenvalue weighted by Crippen LogP contribution is -2.38. The number of hydrogen-bond donors (Lipinski definition) is 1. The summed E-state index contributed by atoms with van der Waals surface area (Å²) in [5.41, 5.74) is 9.88. The van der Waals surface area contributed by atoms with Gasteiger partial charge in [-0.15, -0.1) is 0 Å². The Morgan fingerprint density at radius 3 is 2.48 bits per heavy atom. The Morgan fingerprint density at radius 1 is 1.04 bits per heavy atom. The Hall–Kier alpha value is -2.24. The predicted molar refractivity (Wildman–Crippen MR) is 98.4 cm³/mol. The third kappa shape index (κ3) is 3.57. The van der Waals surface area contributed by atoms with Crippen LogP contribution >= 0.6 is 0 Å². The zero-order chi connectivity index (χ0) is 17.8. The minimum absolute atomic E-state index is 0.162. The fourth-order valence-electron chi connectivity index (χ4n) is 3.55. The Morgan fingerprint density at radius 2 is 1.80 bits per heavy atom. The SMILES string of the molecule is COc1cccc(CN2CCc3cc(OC)c(OC)cc3[C@H]2CN)c1. The second kappa shape index (κ2) is 7.76. The van der Waals surface area contributed by atoms with Crippen molar-refractivity contribution in [2.75, 3.05) is 34.4 Å². The molecule has 2 aromatic rings. The average Bonchev–Trinajstić information content (AvgIpc) is 2.66. The summed E-state index contributed by atoms with van der Waals surface area (Å²) >= 11 is 0. The van der Waals surface area contributed by atoms with Crippen molar-refractivity contribution in [3.8, 4) is 17.2 Å². The Labute approximate surface area is 149 Å². The molecule has 134 valence electrons. The van der Waals surface area contributed by atoms with Gasteiger partial charge in [0.05, 0.1) is 21.3 Å². The summed E-state index contributed by atoms with van der Waals surface area (Å²) in [7, 11) is 5.03. The van der Waals surface area contributed by atoms with Crippen LogP contribution < -0.4 is 19.9 Å². The molecule has 5 nitrogen and oxygen atoms in total. The highest BCUT2D eigenvalue weighted by Gasteiger charge is 2.28. The molecule has 5 heteroatoms. The van der Waals surface area contributed by atoms with Crippen LogP contribution in [0.3, 0.4) is 0 Å². The lowest BCUT2D eigenvalue weighted by Gasteiger charge is -2.37. The fraction of sp³-hybridized carbons (Fsp3) is 0.400. The van der Waals surface area contributed by atoms with Gasteiger partial charge in [-0.1, -0.05) is 12.1 Å². The van der Waals surface area contributed by atoms with E-state index in [1.807, 2.05) is 12.1 Å². The van der Waals surface area contributed by atoms with Crippen LogP contribution in [0.2, 0.25) is 0 Å². The first-order valence-electron chi connectivity index (χ1n) is 8.52. The summed E-state index contributed by atoms with van der Waals surface area (Å²) in [5.74, 6) is 2.41. The van der Waals surface area contributed by atoms with Gasteiger partial charge in [0.1, 0.15) is 5.75 Å². The van der Waals surface area contributed by atoms with Gasteiger partial charge in [-0.3, -0.25) is 4.90 Å². The molecule has 0 saturated heterocycles. The first kappa shape index (κ1) is 17.6. The van der Waals surface area contributed by atoms with Crippen molar-refractivity contribution in [1.29, 1.82) is 0 Å². The molecule has 0 saturated carbocycles. The molecule has 0 amide bonds. The van der Waals surface area contributed by atoms with Gasteiger partial charge >= 0.3 is 0 Å².